The van der Waals surface area contributed by atoms with E-state index in [-0.39, 0.29) is 18.4 Å². The highest BCUT2D eigenvalue weighted by molar-refractivity contribution is 5.98. The van der Waals surface area contributed by atoms with Gasteiger partial charge in [0.1, 0.15) is 0 Å². The van der Waals surface area contributed by atoms with Crippen molar-refractivity contribution in [3.63, 3.8) is 0 Å². The molecule has 2 aromatic carbocycles. The Morgan fingerprint density at radius 1 is 1.12 bits per heavy atom. The summed E-state index contributed by atoms with van der Waals surface area (Å²) in [6.07, 6.45) is 1.96. The maximum Gasteiger partial charge on any atom is 0.246 e. The second-order valence-electron chi connectivity index (χ2n) is 6.19. The van der Waals surface area contributed by atoms with Gasteiger partial charge in [-0.15, -0.1) is 0 Å². The topological polar surface area (TPSA) is 49.4 Å². The van der Waals surface area contributed by atoms with Gasteiger partial charge in [0.2, 0.25) is 11.8 Å². The lowest BCUT2D eigenvalue weighted by molar-refractivity contribution is -0.124. The van der Waals surface area contributed by atoms with Crippen LogP contribution in [-0.2, 0) is 22.4 Å². The molecule has 4 heteroatoms. The summed E-state index contributed by atoms with van der Waals surface area (Å²) in [5, 5.41) is 2.74. The molecule has 24 heavy (non-hydrogen) atoms. The van der Waals surface area contributed by atoms with Crippen LogP contribution in [0.2, 0.25) is 0 Å². The molecule has 0 atom stereocenters. The van der Waals surface area contributed by atoms with Crippen molar-refractivity contribution in [3.05, 3.63) is 65.2 Å². The average Bonchev–Trinajstić information content (AvgIpc) is 3.02. The molecule has 0 saturated heterocycles. The van der Waals surface area contributed by atoms with Crippen molar-refractivity contribution in [2.75, 3.05) is 18.0 Å². The normalized spacial score (nSPS) is 12.8. The molecule has 0 radical (unpaired) electrons. The van der Waals surface area contributed by atoms with Crippen LogP contribution in [0.15, 0.2) is 48.5 Å². The predicted molar refractivity (Wildman–Crippen MR) is 95.0 cm³/mol. The molecule has 0 bridgehead atoms. The fraction of sp³-hybridized carbons (Fsp3) is 0.300. The summed E-state index contributed by atoms with van der Waals surface area (Å²) in [6, 6.07) is 16.1. The number of hydrogen-bond acceptors (Lipinski definition) is 2. The van der Waals surface area contributed by atoms with E-state index < -0.39 is 0 Å². The van der Waals surface area contributed by atoms with Gasteiger partial charge in [-0.1, -0.05) is 48.0 Å². The van der Waals surface area contributed by atoms with Gasteiger partial charge < -0.3 is 10.2 Å². The van der Waals surface area contributed by atoms with Gasteiger partial charge in [-0.3, -0.25) is 9.59 Å². The van der Waals surface area contributed by atoms with Gasteiger partial charge in [-0.2, -0.15) is 0 Å². The third-order valence-electron chi connectivity index (χ3n) is 4.35. The molecule has 0 saturated carbocycles. The van der Waals surface area contributed by atoms with Crippen LogP contribution in [0.25, 0.3) is 0 Å². The number of amides is 2. The molecule has 1 aliphatic rings. The smallest absolute Gasteiger partial charge is 0.246 e. The summed E-state index contributed by atoms with van der Waals surface area (Å²) in [6.45, 7) is 2.79. The van der Waals surface area contributed by atoms with Crippen LogP contribution in [0.5, 0.6) is 0 Å². The van der Waals surface area contributed by atoms with E-state index in [1.165, 1.54) is 11.1 Å². The highest BCUT2D eigenvalue weighted by atomic mass is 16.2. The second-order valence-corrected chi connectivity index (χ2v) is 6.19. The third kappa shape index (κ3) is 3.82. The van der Waals surface area contributed by atoms with Crippen LogP contribution in [0.3, 0.4) is 0 Å². The zero-order valence-corrected chi connectivity index (χ0v) is 13.9. The first-order chi connectivity index (χ1) is 11.6. The van der Waals surface area contributed by atoms with Crippen LogP contribution >= 0.6 is 0 Å². The number of carbonyl (C=O) groups is 2. The molecule has 2 aromatic rings. The van der Waals surface area contributed by atoms with E-state index in [2.05, 4.69) is 11.4 Å². The molecule has 3 rings (SSSR count). The molecular formula is C20H22N2O2. The molecule has 2 amide bonds. The number of para-hydroxylation sites is 1. The average molecular weight is 322 g/mol. The number of nitrogens with zero attached hydrogens (tertiary/aromatic N) is 1. The number of benzene rings is 2. The quantitative estimate of drug-likeness (QED) is 0.920. The number of anilines is 1. The Morgan fingerprint density at radius 2 is 1.96 bits per heavy atom. The summed E-state index contributed by atoms with van der Waals surface area (Å²) in [7, 11) is 0. The number of fused-ring (bicyclic) bond motifs is 1. The fourth-order valence-electron chi connectivity index (χ4n) is 3.08. The van der Waals surface area contributed by atoms with Gasteiger partial charge >= 0.3 is 0 Å². The van der Waals surface area contributed by atoms with Crippen molar-refractivity contribution in [1.82, 2.24) is 5.32 Å². The highest BCUT2D eigenvalue weighted by Crippen LogP contribution is 2.27. The van der Waals surface area contributed by atoms with Crippen LogP contribution in [0.4, 0.5) is 5.69 Å². The Labute approximate surface area is 142 Å². The Bertz CT molecular complexity index is 755. The van der Waals surface area contributed by atoms with E-state index in [0.29, 0.717) is 19.4 Å². The zero-order chi connectivity index (χ0) is 16.9. The molecular weight excluding hydrogens is 300 g/mol. The molecule has 0 fully saturated rings. The van der Waals surface area contributed by atoms with Crippen LogP contribution in [-0.4, -0.2) is 24.9 Å². The fourth-order valence-corrected chi connectivity index (χ4v) is 3.08. The van der Waals surface area contributed by atoms with Gasteiger partial charge in [0.05, 0.1) is 6.54 Å². The van der Waals surface area contributed by atoms with Crippen molar-refractivity contribution in [2.45, 2.75) is 26.2 Å². The minimum atomic E-state index is -0.0858. The first-order valence-corrected chi connectivity index (χ1v) is 8.34. The standard InChI is InChI=1S/C20H22N2O2/c1-15-5-4-6-16(13-15)9-10-19(23)21-14-20(24)22-12-11-17-7-2-3-8-18(17)22/h2-8,13H,9-12,14H2,1H3,(H,21,23). The Kier molecular flexibility index (Phi) is 4.94. The Hall–Kier alpha value is -2.62. The maximum atomic E-state index is 12.3. The van der Waals surface area contributed by atoms with Gasteiger partial charge in [0.25, 0.3) is 0 Å². The van der Waals surface area contributed by atoms with Crippen molar-refractivity contribution < 1.29 is 9.59 Å². The Balaban J connectivity index is 1.47. The molecule has 4 nitrogen and oxygen atoms in total. The van der Waals surface area contributed by atoms with E-state index in [1.54, 1.807) is 4.90 Å². The minimum absolute atomic E-state index is 0.0520. The molecule has 0 spiro atoms. The lowest BCUT2D eigenvalue weighted by Crippen LogP contribution is -2.39. The monoisotopic (exact) mass is 322 g/mol. The van der Waals surface area contributed by atoms with Crippen molar-refractivity contribution in [1.29, 1.82) is 0 Å². The van der Waals surface area contributed by atoms with E-state index >= 15 is 0 Å². The molecule has 124 valence electrons. The molecule has 0 unspecified atom stereocenters. The molecule has 1 N–H and O–H groups in total. The molecule has 0 aliphatic carbocycles. The lowest BCUT2D eigenvalue weighted by Gasteiger charge is -2.17. The van der Waals surface area contributed by atoms with E-state index in [9.17, 15) is 9.59 Å². The van der Waals surface area contributed by atoms with Crippen molar-refractivity contribution in [2.24, 2.45) is 0 Å². The summed E-state index contributed by atoms with van der Waals surface area (Å²) >= 11 is 0. The summed E-state index contributed by atoms with van der Waals surface area (Å²) in [4.78, 5) is 26.1. The SMILES string of the molecule is Cc1cccc(CCC(=O)NCC(=O)N2CCc3ccccc32)c1. The second kappa shape index (κ2) is 7.30. The van der Waals surface area contributed by atoms with Crippen LogP contribution in [0, 0.1) is 6.92 Å². The summed E-state index contributed by atoms with van der Waals surface area (Å²) in [5.41, 5.74) is 4.49. The van der Waals surface area contributed by atoms with E-state index in [1.807, 2.05) is 49.4 Å². The summed E-state index contributed by atoms with van der Waals surface area (Å²) < 4.78 is 0. The number of rotatable bonds is 5. The number of carbonyl (C=O) groups excluding carboxylic acids is 2. The third-order valence-corrected chi connectivity index (χ3v) is 4.35. The number of nitrogens with one attached hydrogen (secondary N) is 1. The summed E-state index contributed by atoms with van der Waals surface area (Å²) in [5.74, 6) is -0.138. The van der Waals surface area contributed by atoms with Gasteiger partial charge in [-0.05, 0) is 37.0 Å². The number of aryl methyl sites for hydroxylation is 2. The van der Waals surface area contributed by atoms with E-state index in [4.69, 9.17) is 0 Å². The van der Waals surface area contributed by atoms with Gasteiger partial charge in [0, 0.05) is 18.7 Å². The van der Waals surface area contributed by atoms with Gasteiger partial charge in [0.15, 0.2) is 0 Å². The number of hydrogen-bond donors (Lipinski definition) is 1. The first kappa shape index (κ1) is 16.2. The predicted octanol–water partition coefficient (Wildman–Crippen LogP) is 2.63. The van der Waals surface area contributed by atoms with E-state index in [0.717, 1.165) is 17.7 Å². The van der Waals surface area contributed by atoms with Crippen molar-refractivity contribution >= 4 is 17.5 Å². The Morgan fingerprint density at radius 3 is 2.79 bits per heavy atom. The molecule has 1 aliphatic heterocycles. The minimum Gasteiger partial charge on any atom is -0.347 e. The molecule has 1 heterocycles. The zero-order valence-electron chi connectivity index (χ0n) is 13.9. The first-order valence-electron chi connectivity index (χ1n) is 8.34. The van der Waals surface area contributed by atoms with Gasteiger partial charge in [-0.25, -0.2) is 0 Å². The lowest BCUT2D eigenvalue weighted by atomic mass is 10.1. The maximum absolute atomic E-state index is 12.3. The van der Waals surface area contributed by atoms with Crippen molar-refractivity contribution in [3.8, 4) is 0 Å². The van der Waals surface area contributed by atoms with Crippen LogP contribution in [0.1, 0.15) is 23.1 Å². The van der Waals surface area contributed by atoms with Crippen LogP contribution < -0.4 is 10.2 Å². The highest BCUT2D eigenvalue weighted by Gasteiger charge is 2.23. The largest absolute Gasteiger partial charge is 0.347 e. The molecule has 0 aromatic heterocycles.